The van der Waals surface area contributed by atoms with E-state index < -0.39 is 0 Å². The molecule has 1 atom stereocenters. The highest BCUT2D eigenvalue weighted by Gasteiger charge is 2.25. The summed E-state index contributed by atoms with van der Waals surface area (Å²) in [6.07, 6.45) is 5.22. The smallest absolute Gasteiger partial charge is 0.307 e. The van der Waals surface area contributed by atoms with Crippen molar-refractivity contribution in [2.75, 3.05) is 6.61 Å². The summed E-state index contributed by atoms with van der Waals surface area (Å²) in [4.78, 5) is 11.3. The molecule has 0 aromatic carbocycles. The molecule has 1 aliphatic carbocycles. The lowest BCUT2D eigenvalue weighted by Gasteiger charge is -2.30. The summed E-state index contributed by atoms with van der Waals surface area (Å²) in [5.41, 5.74) is 6.02. The van der Waals surface area contributed by atoms with E-state index in [1.165, 1.54) is 25.7 Å². The molecule has 0 amide bonds. The van der Waals surface area contributed by atoms with Crippen LogP contribution >= 0.6 is 0 Å². The van der Waals surface area contributed by atoms with E-state index in [-0.39, 0.29) is 12.0 Å². The van der Waals surface area contributed by atoms with Gasteiger partial charge in [-0.2, -0.15) is 0 Å². The van der Waals surface area contributed by atoms with Crippen molar-refractivity contribution in [2.45, 2.75) is 52.0 Å². The zero-order chi connectivity index (χ0) is 11.3. The summed E-state index contributed by atoms with van der Waals surface area (Å²) in [7, 11) is 0. The van der Waals surface area contributed by atoms with E-state index in [0.29, 0.717) is 18.9 Å². The first kappa shape index (κ1) is 12.5. The van der Waals surface area contributed by atoms with Crippen LogP contribution in [0.4, 0.5) is 0 Å². The topological polar surface area (TPSA) is 52.3 Å². The van der Waals surface area contributed by atoms with Gasteiger partial charge in [-0.1, -0.05) is 19.8 Å². The Labute approximate surface area is 92.4 Å². The fourth-order valence-corrected chi connectivity index (χ4v) is 2.29. The minimum atomic E-state index is -0.149. The first-order valence-electron chi connectivity index (χ1n) is 6.04. The summed E-state index contributed by atoms with van der Waals surface area (Å²) < 4.78 is 4.91. The molecule has 3 nitrogen and oxygen atoms in total. The van der Waals surface area contributed by atoms with Crippen molar-refractivity contribution < 1.29 is 9.53 Å². The second-order valence-corrected chi connectivity index (χ2v) is 4.69. The molecule has 0 radical (unpaired) electrons. The molecule has 0 bridgehead atoms. The molecule has 2 N–H and O–H groups in total. The molecule has 1 fully saturated rings. The Morgan fingerprint density at radius 1 is 1.40 bits per heavy atom. The Hall–Kier alpha value is -0.570. The van der Waals surface area contributed by atoms with E-state index >= 15 is 0 Å². The van der Waals surface area contributed by atoms with Crippen molar-refractivity contribution in [3.8, 4) is 0 Å². The summed E-state index contributed by atoms with van der Waals surface area (Å²) >= 11 is 0. The molecule has 0 saturated heterocycles. The van der Waals surface area contributed by atoms with Gasteiger partial charge in [-0.05, 0) is 31.6 Å². The zero-order valence-electron chi connectivity index (χ0n) is 9.87. The van der Waals surface area contributed by atoms with Gasteiger partial charge in [0, 0.05) is 6.04 Å². The molecule has 0 aromatic rings. The molecule has 15 heavy (non-hydrogen) atoms. The highest BCUT2D eigenvalue weighted by Crippen LogP contribution is 2.30. The number of hydrogen-bond acceptors (Lipinski definition) is 3. The standard InChI is InChI=1S/C12H23NO2/c1-3-15-12(14)8-11(13)10-6-4-9(2)5-7-10/h9-11H,3-8,13H2,1-2H3/t9?,10?,11-/m1/s1. The average molecular weight is 213 g/mol. The normalized spacial score (nSPS) is 28.5. The minimum Gasteiger partial charge on any atom is -0.466 e. The lowest BCUT2D eigenvalue weighted by Crippen LogP contribution is -2.35. The van der Waals surface area contributed by atoms with Gasteiger partial charge in [-0.15, -0.1) is 0 Å². The van der Waals surface area contributed by atoms with Crippen LogP contribution in [0.15, 0.2) is 0 Å². The molecule has 1 rings (SSSR count). The molecule has 0 spiro atoms. The van der Waals surface area contributed by atoms with Crippen molar-refractivity contribution in [1.82, 2.24) is 0 Å². The fourth-order valence-electron chi connectivity index (χ4n) is 2.29. The van der Waals surface area contributed by atoms with Gasteiger partial charge in [0.15, 0.2) is 0 Å². The van der Waals surface area contributed by atoms with Crippen molar-refractivity contribution in [1.29, 1.82) is 0 Å². The van der Waals surface area contributed by atoms with Crippen molar-refractivity contribution in [3.05, 3.63) is 0 Å². The predicted octanol–water partition coefficient (Wildman–Crippen LogP) is 2.09. The molecular formula is C12H23NO2. The number of esters is 1. The number of hydrogen-bond donors (Lipinski definition) is 1. The molecule has 1 aliphatic rings. The highest BCUT2D eigenvalue weighted by atomic mass is 16.5. The van der Waals surface area contributed by atoms with Crippen LogP contribution in [-0.2, 0) is 9.53 Å². The number of carbonyl (C=O) groups excluding carboxylic acids is 1. The lowest BCUT2D eigenvalue weighted by molar-refractivity contribution is -0.143. The van der Waals surface area contributed by atoms with Crippen molar-refractivity contribution in [2.24, 2.45) is 17.6 Å². The quantitative estimate of drug-likeness (QED) is 0.727. The van der Waals surface area contributed by atoms with Crippen LogP contribution in [0.25, 0.3) is 0 Å². The van der Waals surface area contributed by atoms with E-state index in [1.807, 2.05) is 6.92 Å². The Morgan fingerprint density at radius 3 is 2.53 bits per heavy atom. The Kier molecular flexibility index (Phi) is 5.09. The summed E-state index contributed by atoms with van der Waals surface area (Å²) in [5, 5.41) is 0. The third-order valence-electron chi connectivity index (χ3n) is 3.37. The molecular weight excluding hydrogens is 190 g/mol. The van der Waals surface area contributed by atoms with Gasteiger partial charge in [0.1, 0.15) is 0 Å². The highest BCUT2D eigenvalue weighted by molar-refractivity contribution is 5.70. The summed E-state index contributed by atoms with van der Waals surface area (Å²) in [6, 6.07) is -0.00319. The van der Waals surface area contributed by atoms with Gasteiger partial charge in [0.2, 0.25) is 0 Å². The number of nitrogens with two attached hydrogens (primary N) is 1. The molecule has 1 saturated carbocycles. The van der Waals surface area contributed by atoms with E-state index in [2.05, 4.69) is 6.92 Å². The van der Waals surface area contributed by atoms with Gasteiger partial charge in [0.05, 0.1) is 13.0 Å². The maximum Gasteiger partial charge on any atom is 0.307 e. The Morgan fingerprint density at radius 2 is 2.00 bits per heavy atom. The first-order chi connectivity index (χ1) is 7.13. The van der Waals surface area contributed by atoms with Gasteiger partial charge < -0.3 is 10.5 Å². The number of rotatable bonds is 4. The van der Waals surface area contributed by atoms with Crippen LogP contribution < -0.4 is 5.73 Å². The largest absolute Gasteiger partial charge is 0.466 e. The molecule has 0 aromatic heterocycles. The summed E-state index contributed by atoms with van der Waals surface area (Å²) in [5.74, 6) is 1.20. The lowest BCUT2D eigenvalue weighted by atomic mass is 9.79. The van der Waals surface area contributed by atoms with Crippen LogP contribution in [0.1, 0.15) is 46.0 Å². The molecule has 88 valence electrons. The third-order valence-corrected chi connectivity index (χ3v) is 3.37. The van der Waals surface area contributed by atoms with Crippen molar-refractivity contribution in [3.63, 3.8) is 0 Å². The molecule has 0 unspecified atom stereocenters. The van der Waals surface area contributed by atoms with E-state index in [1.54, 1.807) is 0 Å². The van der Waals surface area contributed by atoms with Crippen molar-refractivity contribution >= 4 is 5.97 Å². The maximum absolute atomic E-state index is 11.3. The second-order valence-electron chi connectivity index (χ2n) is 4.69. The fraction of sp³-hybridized carbons (Fsp3) is 0.917. The monoisotopic (exact) mass is 213 g/mol. The Balaban J connectivity index is 2.27. The molecule has 3 heteroatoms. The molecule has 0 heterocycles. The van der Waals surface area contributed by atoms with Crippen LogP contribution in [0, 0.1) is 11.8 Å². The SMILES string of the molecule is CCOC(=O)C[C@@H](N)C1CCC(C)CC1. The number of ether oxygens (including phenoxy) is 1. The maximum atomic E-state index is 11.3. The van der Waals surface area contributed by atoms with E-state index in [9.17, 15) is 4.79 Å². The van der Waals surface area contributed by atoms with Crippen LogP contribution in [-0.4, -0.2) is 18.6 Å². The zero-order valence-corrected chi connectivity index (χ0v) is 9.87. The van der Waals surface area contributed by atoms with Gasteiger partial charge in [-0.3, -0.25) is 4.79 Å². The average Bonchev–Trinajstić information content (AvgIpc) is 2.18. The second kappa shape index (κ2) is 6.11. The Bertz CT molecular complexity index is 198. The first-order valence-corrected chi connectivity index (χ1v) is 6.04. The van der Waals surface area contributed by atoms with Gasteiger partial charge in [-0.25, -0.2) is 0 Å². The molecule has 0 aliphatic heterocycles. The van der Waals surface area contributed by atoms with E-state index in [0.717, 1.165) is 5.92 Å². The van der Waals surface area contributed by atoms with Crippen LogP contribution in [0.5, 0.6) is 0 Å². The summed E-state index contributed by atoms with van der Waals surface area (Å²) in [6.45, 7) is 4.56. The predicted molar refractivity (Wildman–Crippen MR) is 60.3 cm³/mol. The van der Waals surface area contributed by atoms with Gasteiger partial charge >= 0.3 is 5.97 Å². The number of carbonyl (C=O) groups is 1. The van der Waals surface area contributed by atoms with E-state index in [4.69, 9.17) is 10.5 Å². The minimum absolute atomic E-state index is 0.00319. The van der Waals surface area contributed by atoms with Gasteiger partial charge in [0.25, 0.3) is 0 Å². The van der Waals surface area contributed by atoms with Crippen LogP contribution in [0.2, 0.25) is 0 Å². The van der Waals surface area contributed by atoms with Crippen LogP contribution in [0.3, 0.4) is 0 Å². The third kappa shape index (κ3) is 4.20.